The maximum atomic E-state index is 12.8. The Kier molecular flexibility index (Phi) is 20.0. The lowest BCUT2D eigenvalue weighted by Gasteiger charge is -2.35. The fourth-order valence-electron chi connectivity index (χ4n) is 15.8. The third-order valence-corrected chi connectivity index (χ3v) is 22.2. The zero-order valence-electron chi connectivity index (χ0n) is 64.2. The molecule has 26 nitrogen and oxygen atoms in total. The number of rotatable bonds is 9. The van der Waals surface area contributed by atoms with E-state index in [0.29, 0.717) is 57.2 Å². The number of hydrogen-bond acceptors (Lipinski definition) is 18. The summed E-state index contributed by atoms with van der Waals surface area (Å²) < 4.78 is 14.5. The van der Waals surface area contributed by atoms with Gasteiger partial charge in [0.2, 0.25) is 0 Å². The Morgan fingerprint density at radius 3 is 0.991 bits per heavy atom. The van der Waals surface area contributed by atoms with E-state index in [9.17, 15) is 19.2 Å². The van der Waals surface area contributed by atoms with Crippen LogP contribution in [0, 0.1) is 27.7 Å². The van der Waals surface area contributed by atoms with Crippen molar-refractivity contribution in [2.24, 2.45) is 0 Å². The summed E-state index contributed by atoms with van der Waals surface area (Å²) in [5.41, 5.74) is 20.5. The van der Waals surface area contributed by atoms with E-state index in [2.05, 4.69) is 95.0 Å². The SMILES string of the molecule is CCN1CCN(c2ccc3nc(-c4ccn5cc(C)nc5c4)cc(=O)n3c2)CC1.Cc1cn2ccc(-c3cc(=O)n4cc(C5CCN(C)CC5)ccc4n3)cc2n1.Cc1cn2ccc(-c3cc(=O)n4cc(C5CCNCC5)ccc4n3)cc2n1.Cc1cn2ccc(-c3cc(=O)n4cc(N5CCN(C)CC5)ccc4n3)cc2n1. The molecule has 4 aliphatic heterocycles. The third kappa shape index (κ3) is 15.4. The van der Waals surface area contributed by atoms with Crippen molar-refractivity contribution in [2.75, 3.05) is 109 Å². The van der Waals surface area contributed by atoms with Gasteiger partial charge in [-0.25, -0.2) is 39.9 Å². The van der Waals surface area contributed by atoms with Crippen LogP contribution >= 0.6 is 0 Å². The van der Waals surface area contributed by atoms with Crippen LogP contribution in [0.1, 0.15) is 78.3 Å². The number of aryl methyl sites for hydroxylation is 4. The van der Waals surface area contributed by atoms with Gasteiger partial charge in [-0.15, -0.1) is 0 Å². The number of hydrogen-bond donors (Lipinski definition) is 1. The lowest BCUT2D eigenvalue weighted by Crippen LogP contribution is -2.46. The van der Waals surface area contributed by atoms with Crippen LogP contribution < -0.4 is 37.4 Å². The first-order valence-electron chi connectivity index (χ1n) is 38.7. The largest absolute Gasteiger partial charge is 0.368 e. The standard InChI is InChI=1S/C22H24N6O.C22H23N5O.C21H22N6O.C21H21N5O/c1-3-25-8-10-26(11-9-25)18-4-5-20-24-19(13-22(29)28(20)15-18)17-6-7-27-14-16(2)23-21(27)12-17;1-15-13-26-10-7-17(11-21(26)23-15)19-12-22(28)27-14-18(3-4-20(27)24-19)16-5-8-25(2)9-6-16;1-15-13-26-6-5-16(11-20(26)22-15)18-12-21(28)27-14-17(3-4-19(27)23-18)25-9-7-24(2)8-10-25;1-14-12-25-9-6-16(10-20(25)23-14)18-11-21(27)26-13-17(2-3-19(26)24-18)15-4-7-22-8-5-15/h4-7,12-15H,3,8-11H2,1-2H3;3-4,7,10-14,16H,5-6,8-9H2,1-2H3;3-6,11-14H,7-10H2,1-2H3;2-3,6,9-13,15,22H,4-5,7-8H2,1H3. The number of fused-ring (bicyclic) bond motifs is 8. The van der Waals surface area contributed by atoms with Gasteiger partial charge in [-0.05, 0) is 208 Å². The molecule has 20 rings (SSSR count). The van der Waals surface area contributed by atoms with Crippen molar-refractivity contribution in [3.05, 3.63) is 271 Å². The molecular formula is C86H90N22O4. The van der Waals surface area contributed by atoms with Gasteiger partial charge in [-0.3, -0.25) is 36.8 Å². The Bertz CT molecular complexity index is 6280. The molecule has 0 radical (unpaired) electrons. The second-order valence-electron chi connectivity index (χ2n) is 30.1. The van der Waals surface area contributed by atoms with Crippen molar-refractivity contribution in [1.29, 1.82) is 0 Å². The molecule has 0 bridgehead atoms. The predicted octanol–water partition coefficient (Wildman–Crippen LogP) is 10.4. The Balaban J connectivity index is 0.000000108. The van der Waals surface area contributed by atoms with Crippen LogP contribution in [0.25, 0.3) is 90.2 Å². The molecular weight excluding hydrogens is 1410 g/mol. The van der Waals surface area contributed by atoms with Gasteiger partial charge in [-0.1, -0.05) is 19.1 Å². The number of nitrogens with zero attached hydrogens (tertiary/aromatic N) is 21. The van der Waals surface area contributed by atoms with Crippen molar-refractivity contribution in [3.8, 4) is 45.0 Å². The van der Waals surface area contributed by atoms with E-state index in [4.69, 9.17) is 19.9 Å². The van der Waals surface area contributed by atoms with Gasteiger partial charge in [-0.2, -0.15) is 0 Å². The maximum absolute atomic E-state index is 12.8. The number of pyridine rings is 8. The lowest BCUT2D eigenvalue weighted by atomic mass is 9.91. The summed E-state index contributed by atoms with van der Waals surface area (Å²) >= 11 is 0. The zero-order valence-corrected chi connectivity index (χ0v) is 64.2. The van der Waals surface area contributed by atoms with Gasteiger partial charge in [0.1, 0.15) is 45.2 Å². The molecule has 0 unspecified atom stereocenters. The quantitative estimate of drug-likeness (QED) is 0.141. The van der Waals surface area contributed by atoms with Gasteiger partial charge in [0.15, 0.2) is 0 Å². The summed E-state index contributed by atoms with van der Waals surface area (Å²) in [4.78, 5) is 99.9. The average molecular weight is 1500 g/mol. The summed E-state index contributed by atoms with van der Waals surface area (Å²) in [5, 5.41) is 3.39. The van der Waals surface area contributed by atoms with Crippen molar-refractivity contribution in [3.63, 3.8) is 0 Å². The van der Waals surface area contributed by atoms with Gasteiger partial charge in [0.25, 0.3) is 22.2 Å². The van der Waals surface area contributed by atoms with Crippen LogP contribution in [0.4, 0.5) is 11.4 Å². The molecule has 4 saturated heterocycles. The maximum Gasteiger partial charge on any atom is 0.258 e. The van der Waals surface area contributed by atoms with Crippen molar-refractivity contribution in [2.45, 2.75) is 72.1 Å². The van der Waals surface area contributed by atoms with E-state index in [1.165, 1.54) is 11.1 Å². The highest BCUT2D eigenvalue weighted by Crippen LogP contribution is 2.31. The zero-order chi connectivity index (χ0) is 76.8. The molecule has 568 valence electrons. The molecule has 0 atom stereocenters. The molecule has 0 amide bonds. The Morgan fingerprint density at radius 1 is 0.330 bits per heavy atom. The Hall–Kier alpha value is -12.4. The molecule has 20 heterocycles. The van der Waals surface area contributed by atoms with Crippen molar-refractivity contribution < 1.29 is 0 Å². The Labute approximate surface area is 645 Å². The normalized spacial score (nSPS) is 15.7. The molecule has 1 N–H and O–H groups in total. The number of anilines is 2. The topological polar surface area (TPSA) is 235 Å². The van der Waals surface area contributed by atoms with Crippen LogP contribution in [0.5, 0.6) is 0 Å². The molecule has 4 fully saturated rings. The first-order valence-corrected chi connectivity index (χ1v) is 38.7. The minimum Gasteiger partial charge on any atom is -0.368 e. The molecule has 4 aliphatic rings. The summed E-state index contributed by atoms with van der Waals surface area (Å²) in [6, 6.07) is 38.3. The monoisotopic (exact) mass is 1490 g/mol. The Morgan fingerprint density at radius 2 is 0.643 bits per heavy atom. The smallest absolute Gasteiger partial charge is 0.258 e. The van der Waals surface area contributed by atoms with Crippen LogP contribution in [0.15, 0.2) is 215 Å². The van der Waals surface area contributed by atoms with Gasteiger partial charge in [0, 0.05) is 173 Å². The third-order valence-electron chi connectivity index (χ3n) is 22.2. The molecule has 16 aromatic heterocycles. The summed E-state index contributed by atoms with van der Waals surface area (Å²) in [6.07, 6.45) is 27.9. The first-order chi connectivity index (χ1) is 54.4. The van der Waals surface area contributed by atoms with Crippen LogP contribution in [-0.4, -0.2) is 189 Å². The number of nitrogens with one attached hydrogen (secondary N) is 1. The van der Waals surface area contributed by atoms with E-state index >= 15 is 0 Å². The molecule has 16 aromatic rings. The number of piperazine rings is 2. The number of aromatic nitrogens is 16. The fourth-order valence-corrected chi connectivity index (χ4v) is 15.8. The van der Waals surface area contributed by atoms with Crippen molar-refractivity contribution in [1.82, 2.24) is 95.1 Å². The molecule has 0 aliphatic carbocycles. The van der Waals surface area contributed by atoms with Gasteiger partial charge >= 0.3 is 0 Å². The summed E-state index contributed by atoms with van der Waals surface area (Å²) in [7, 11) is 4.30. The second kappa shape index (κ2) is 30.8. The molecule has 0 spiro atoms. The van der Waals surface area contributed by atoms with E-state index < -0.39 is 0 Å². The van der Waals surface area contributed by atoms with Crippen molar-refractivity contribution >= 4 is 56.6 Å². The molecule has 26 heteroatoms. The van der Waals surface area contributed by atoms with E-state index in [1.54, 1.807) is 41.9 Å². The van der Waals surface area contributed by atoms with E-state index in [-0.39, 0.29) is 22.2 Å². The van der Waals surface area contributed by atoms with E-state index in [0.717, 1.165) is 190 Å². The van der Waals surface area contributed by atoms with Gasteiger partial charge < -0.3 is 47.4 Å². The molecule has 0 saturated carbocycles. The van der Waals surface area contributed by atoms with Crippen LogP contribution in [-0.2, 0) is 0 Å². The number of likely N-dealkylation sites (N-methyl/N-ethyl adjacent to an activating group) is 2. The van der Waals surface area contributed by atoms with E-state index in [1.807, 2.05) is 192 Å². The molecule has 112 heavy (non-hydrogen) atoms. The second-order valence-corrected chi connectivity index (χ2v) is 30.1. The van der Waals surface area contributed by atoms with Gasteiger partial charge in [0.05, 0.1) is 56.9 Å². The van der Waals surface area contributed by atoms with Crippen LogP contribution in [0.2, 0.25) is 0 Å². The average Bonchev–Trinajstić information content (AvgIpc) is 1.37. The highest BCUT2D eigenvalue weighted by molar-refractivity contribution is 5.70. The summed E-state index contributed by atoms with van der Waals surface area (Å²) in [5.74, 6) is 1.02. The predicted molar refractivity (Wildman–Crippen MR) is 440 cm³/mol. The number of imidazole rings is 4. The highest BCUT2D eigenvalue weighted by Gasteiger charge is 2.23. The minimum absolute atomic E-state index is 0.0471. The number of piperidine rings is 2. The summed E-state index contributed by atoms with van der Waals surface area (Å²) in [6.45, 7) is 23.4. The van der Waals surface area contributed by atoms with Crippen LogP contribution in [0.3, 0.4) is 0 Å². The minimum atomic E-state index is -0.0737. The number of likely N-dealkylation sites (tertiary alicyclic amines) is 1. The fraction of sp³-hybridized carbons (Fsp3) is 0.302. The first kappa shape index (κ1) is 72.5. The lowest BCUT2D eigenvalue weighted by molar-refractivity contribution is 0.255. The highest BCUT2D eigenvalue weighted by atomic mass is 16.1. The molecule has 0 aromatic carbocycles.